The minimum atomic E-state index is -4.16. The minimum absolute atomic E-state index is 0.131. The Hall–Kier alpha value is -0.170. The first kappa shape index (κ1) is 22.0. The highest BCUT2D eigenvalue weighted by Gasteiger charge is 2.62. The summed E-state index contributed by atoms with van der Waals surface area (Å²) in [6.07, 6.45) is 8.01. The fourth-order valence-electron chi connectivity index (χ4n) is 8.71. The van der Waals surface area contributed by atoms with Crippen molar-refractivity contribution in [3.05, 3.63) is 0 Å². The van der Waals surface area contributed by atoms with Crippen molar-refractivity contribution < 1.29 is 23.2 Å². The van der Waals surface area contributed by atoms with Crippen molar-refractivity contribution in [1.29, 1.82) is 0 Å². The van der Waals surface area contributed by atoms with Gasteiger partial charge in [-0.3, -0.25) is 0 Å². The van der Waals surface area contributed by atoms with Crippen LogP contribution in [-0.2, 0) is 10.1 Å². The summed E-state index contributed by atoms with van der Waals surface area (Å²) in [7, 11) is -4.16. The van der Waals surface area contributed by atoms with E-state index >= 15 is 0 Å². The summed E-state index contributed by atoms with van der Waals surface area (Å²) in [6, 6.07) is 0. The lowest BCUT2D eigenvalue weighted by Crippen LogP contribution is -2.58. The average molecular weight is 428 g/mol. The van der Waals surface area contributed by atoms with Gasteiger partial charge in [0, 0.05) is 5.75 Å². The van der Waals surface area contributed by atoms with E-state index in [1.165, 1.54) is 0 Å². The van der Waals surface area contributed by atoms with Gasteiger partial charge in [0.2, 0.25) is 0 Å². The summed E-state index contributed by atoms with van der Waals surface area (Å²) < 4.78 is 33.4. The highest BCUT2D eigenvalue weighted by atomic mass is 32.2. The van der Waals surface area contributed by atoms with Gasteiger partial charge in [0.15, 0.2) is 0 Å². The van der Waals surface area contributed by atoms with E-state index in [2.05, 4.69) is 20.8 Å². The summed E-state index contributed by atoms with van der Waals surface area (Å²) in [5, 5.41) is 21.4. The van der Waals surface area contributed by atoms with Crippen LogP contribution in [-0.4, -0.2) is 41.1 Å². The summed E-state index contributed by atoms with van der Waals surface area (Å²) in [6.45, 7) is 6.91. The van der Waals surface area contributed by atoms with Crippen LogP contribution < -0.4 is 0 Å². The van der Waals surface area contributed by atoms with E-state index in [1.54, 1.807) is 0 Å². The Balaban J connectivity index is 1.55. The monoisotopic (exact) mass is 427 g/mol. The molecule has 4 rings (SSSR count). The standard InChI is InChI=1S/C23H40O5S/c1-14(8-11-29(26,27)28)17-4-5-18-21-19(7-10-23(17,18)3)22(2)9-6-16(24)12-15(22)13-20(21)25/h14-21,24-25H,4-13H2,1-3H3,(H,26,27,28)/p-1/t14-,15+,16-,17-,18+,19+,20-,21+,22+,23-/m1/s1. The Kier molecular flexibility index (Phi) is 5.67. The maximum Gasteiger partial charge on any atom is 0.0946 e. The van der Waals surface area contributed by atoms with Gasteiger partial charge in [-0.1, -0.05) is 20.8 Å². The van der Waals surface area contributed by atoms with Gasteiger partial charge in [-0.15, -0.1) is 0 Å². The second kappa shape index (κ2) is 7.46. The molecule has 0 aromatic heterocycles. The minimum Gasteiger partial charge on any atom is -0.748 e. The lowest BCUT2D eigenvalue weighted by Gasteiger charge is -2.62. The summed E-state index contributed by atoms with van der Waals surface area (Å²) in [5.74, 6) is 2.15. The van der Waals surface area contributed by atoms with Crippen molar-refractivity contribution in [2.24, 2.45) is 46.3 Å². The number of aliphatic hydroxyl groups excluding tert-OH is 2. The van der Waals surface area contributed by atoms with Gasteiger partial charge in [-0.05, 0) is 104 Å². The lowest BCUT2D eigenvalue weighted by molar-refractivity contribution is -0.174. The van der Waals surface area contributed by atoms with Crippen molar-refractivity contribution in [3.8, 4) is 0 Å². The number of rotatable bonds is 4. The van der Waals surface area contributed by atoms with Crippen LogP contribution >= 0.6 is 0 Å². The van der Waals surface area contributed by atoms with Crippen molar-refractivity contribution in [2.75, 3.05) is 5.75 Å². The third-order valence-electron chi connectivity index (χ3n) is 10.2. The maximum atomic E-state index is 11.2. The predicted molar refractivity (Wildman–Crippen MR) is 111 cm³/mol. The predicted octanol–water partition coefficient (Wildman–Crippen LogP) is 3.55. The van der Waals surface area contributed by atoms with Gasteiger partial charge in [0.05, 0.1) is 22.3 Å². The molecule has 168 valence electrons. The van der Waals surface area contributed by atoms with Crippen LogP contribution in [0.3, 0.4) is 0 Å². The third-order valence-corrected chi connectivity index (χ3v) is 11.0. The second-order valence-corrected chi connectivity index (χ2v) is 13.0. The molecule has 0 saturated heterocycles. The molecule has 10 atom stereocenters. The van der Waals surface area contributed by atoms with Crippen LogP contribution in [0.25, 0.3) is 0 Å². The second-order valence-electron chi connectivity index (χ2n) is 11.5. The quantitative estimate of drug-likeness (QED) is 0.669. The molecule has 5 nitrogen and oxygen atoms in total. The van der Waals surface area contributed by atoms with Crippen LogP contribution in [0, 0.1) is 46.3 Å². The topological polar surface area (TPSA) is 97.7 Å². The molecule has 4 aliphatic carbocycles. The first-order chi connectivity index (χ1) is 13.5. The molecule has 0 spiro atoms. The summed E-state index contributed by atoms with van der Waals surface area (Å²) >= 11 is 0. The zero-order valence-electron chi connectivity index (χ0n) is 18.2. The molecular formula is C23H39O5S-. The Morgan fingerprint density at radius 1 is 1.00 bits per heavy atom. The van der Waals surface area contributed by atoms with Crippen LogP contribution in [0.15, 0.2) is 0 Å². The summed E-state index contributed by atoms with van der Waals surface area (Å²) in [5.41, 5.74) is 0.358. The largest absolute Gasteiger partial charge is 0.748 e. The number of hydrogen-bond donors (Lipinski definition) is 2. The van der Waals surface area contributed by atoms with Crippen molar-refractivity contribution >= 4 is 10.1 Å². The smallest absolute Gasteiger partial charge is 0.0946 e. The van der Waals surface area contributed by atoms with Crippen LogP contribution in [0.5, 0.6) is 0 Å². The number of aliphatic hydroxyl groups is 2. The van der Waals surface area contributed by atoms with Crippen molar-refractivity contribution in [3.63, 3.8) is 0 Å². The Labute approximate surface area is 176 Å². The highest BCUT2D eigenvalue weighted by Crippen LogP contribution is 2.68. The average Bonchev–Trinajstić information content (AvgIpc) is 2.98. The zero-order chi connectivity index (χ0) is 21.2. The summed E-state index contributed by atoms with van der Waals surface area (Å²) in [4.78, 5) is 0. The first-order valence-electron chi connectivity index (χ1n) is 11.8. The molecule has 2 N–H and O–H groups in total. The zero-order valence-corrected chi connectivity index (χ0v) is 19.0. The first-order valence-corrected chi connectivity index (χ1v) is 13.3. The molecule has 0 aromatic rings. The number of fused-ring (bicyclic) bond motifs is 5. The molecule has 4 fully saturated rings. The van der Waals surface area contributed by atoms with Gasteiger partial charge >= 0.3 is 0 Å². The van der Waals surface area contributed by atoms with Gasteiger partial charge in [-0.25, -0.2) is 8.42 Å². The SMILES string of the molecule is C[C@H](CCS(=O)(=O)[O-])[C@H]1CC[C@H]2[C@@H]3[C@H](O)C[C@@H]4C[C@H](O)CC[C@]4(C)[C@H]3CC[C@]12C. The van der Waals surface area contributed by atoms with Gasteiger partial charge in [-0.2, -0.15) is 0 Å². The fourth-order valence-corrected chi connectivity index (χ4v) is 9.37. The van der Waals surface area contributed by atoms with E-state index < -0.39 is 10.1 Å². The molecule has 29 heavy (non-hydrogen) atoms. The Bertz CT molecular complexity index is 723. The van der Waals surface area contributed by atoms with E-state index in [4.69, 9.17) is 0 Å². The molecule has 4 aliphatic rings. The number of hydrogen-bond acceptors (Lipinski definition) is 5. The van der Waals surface area contributed by atoms with Gasteiger partial charge < -0.3 is 14.8 Å². The Morgan fingerprint density at radius 2 is 1.66 bits per heavy atom. The molecule has 0 unspecified atom stereocenters. The van der Waals surface area contributed by atoms with Crippen molar-refractivity contribution in [2.45, 2.75) is 90.8 Å². The lowest BCUT2D eigenvalue weighted by atomic mass is 9.43. The van der Waals surface area contributed by atoms with Crippen LogP contribution in [0.2, 0.25) is 0 Å². The van der Waals surface area contributed by atoms with Crippen LogP contribution in [0.4, 0.5) is 0 Å². The van der Waals surface area contributed by atoms with Crippen molar-refractivity contribution in [1.82, 2.24) is 0 Å². The van der Waals surface area contributed by atoms with E-state index in [1.807, 2.05) is 0 Å². The molecule has 0 bridgehead atoms. The molecule has 4 saturated carbocycles. The van der Waals surface area contributed by atoms with E-state index in [-0.39, 0.29) is 34.7 Å². The van der Waals surface area contributed by atoms with E-state index in [9.17, 15) is 23.2 Å². The molecule has 0 radical (unpaired) electrons. The maximum absolute atomic E-state index is 11.2. The normalized spacial score (nSPS) is 51.0. The molecule has 6 heteroatoms. The molecule has 0 heterocycles. The highest BCUT2D eigenvalue weighted by molar-refractivity contribution is 7.85. The molecule has 0 aliphatic heterocycles. The van der Waals surface area contributed by atoms with Gasteiger partial charge in [0.25, 0.3) is 0 Å². The molecule has 0 aromatic carbocycles. The van der Waals surface area contributed by atoms with E-state index in [0.29, 0.717) is 36.0 Å². The molecule has 0 amide bonds. The molecular weight excluding hydrogens is 388 g/mol. The fraction of sp³-hybridized carbons (Fsp3) is 1.00. The van der Waals surface area contributed by atoms with Crippen LogP contribution in [0.1, 0.15) is 78.6 Å². The Morgan fingerprint density at radius 3 is 2.34 bits per heavy atom. The third kappa shape index (κ3) is 3.70. The van der Waals surface area contributed by atoms with Gasteiger partial charge in [0.1, 0.15) is 0 Å². The van der Waals surface area contributed by atoms with E-state index in [0.717, 1.165) is 51.4 Å².